The number of ether oxygens (including phenoxy) is 2. The van der Waals surface area contributed by atoms with Crippen molar-refractivity contribution in [3.05, 3.63) is 33.3 Å². The molecular formula is C19H26BrClN2O4. The van der Waals surface area contributed by atoms with E-state index in [2.05, 4.69) is 15.9 Å². The van der Waals surface area contributed by atoms with Gasteiger partial charge in [0, 0.05) is 9.50 Å². The van der Waals surface area contributed by atoms with Gasteiger partial charge >= 0.3 is 12.2 Å². The molecule has 0 saturated carbocycles. The van der Waals surface area contributed by atoms with Crippen molar-refractivity contribution >= 4 is 51.5 Å². The number of nitrogens with two attached hydrogens (primary N) is 1. The van der Waals surface area contributed by atoms with Crippen LogP contribution < -0.4 is 5.73 Å². The summed E-state index contributed by atoms with van der Waals surface area (Å²) >= 11 is 9.36. The first kappa shape index (κ1) is 23.3. The number of benzene rings is 1. The van der Waals surface area contributed by atoms with Crippen LogP contribution in [0.3, 0.4) is 0 Å². The molecule has 0 fully saturated rings. The third-order valence-electron chi connectivity index (χ3n) is 2.94. The number of amides is 2. The third-order valence-corrected chi connectivity index (χ3v) is 3.81. The van der Waals surface area contributed by atoms with E-state index in [-0.39, 0.29) is 6.54 Å². The van der Waals surface area contributed by atoms with Gasteiger partial charge in [0.05, 0.1) is 12.2 Å². The second-order valence-electron chi connectivity index (χ2n) is 7.86. The quantitative estimate of drug-likeness (QED) is 0.569. The van der Waals surface area contributed by atoms with Crippen molar-refractivity contribution in [1.82, 2.24) is 4.90 Å². The molecule has 1 rings (SSSR count). The van der Waals surface area contributed by atoms with Crippen molar-refractivity contribution in [3.8, 4) is 0 Å². The van der Waals surface area contributed by atoms with E-state index in [4.69, 9.17) is 26.8 Å². The Hall–Kier alpha value is -1.73. The van der Waals surface area contributed by atoms with Gasteiger partial charge in [-0.1, -0.05) is 23.8 Å². The summed E-state index contributed by atoms with van der Waals surface area (Å²) in [7, 11) is 0. The maximum absolute atomic E-state index is 12.4. The lowest BCUT2D eigenvalue weighted by Crippen LogP contribution is -2.43. The number of halogens is 2. The lowest BCUT2D eigenvalue weighted by Gasteiger charge is -2.28. The number of hydrogen-bond donors (Lipinski definition) is 1. The van der Waals surface area contributed by atoms with E-state index in [0.29, 0.717) is 20.7 Å². The minimum atomic E-state index is -0.790. The van der Waals surface area contributed by atoms with E-state index < -0.39 is 23.4 Å². The molecule has 1 aromatic carbocycles. The molecule has 8 heteroatoms. The fourth-order valence-electron chi connectivity index (χ4n) is 1.89. The summed E-state index contributed by atoms with van der Waals surface area (Å²) in [5.41, 5.74) is 5.66. The summed E-state index contributed by atoms with van der Waals surface area (Å²) < 4.78 is 11.3. The van der Waals surface area contributed by atoms with Crippen LogP contribution in [0, 0.1) is 0 Å². The van der Waals surface area contributed by atoms with Crippen LogP contribution in [0.1, 0.15) is 47.1 Å². The minimum absolute atomic E-state index is 0.0482. The summed E-state index contributed by atoms with van der Waals surface area (Å²) in [6, 6.07) is 3.37. The normalized spacial score (nSPS) is 12.1. The van der Waals surface area contributed by atoms with Gasteiger partial charge in [-0.05, 0) is 75.2 Å². The molecule has 0 aliphatic rings. The van der Waals surface area contributed by atoms with Crippen LogP contribution in [0.4, 0.5) is 15.3 Å². The highest BCUT2D eigenvalue weighted by Crippen LogP contribution is 2.28. The smallest absolute Gasteiger partial charge is 0.420 e. The molecule has 0 saturated heterocycles. The average Bonchev–Trinajstić information content (AvgIpc) is 2.44. The summed E-state index contributed by atoms with van der Waals surface area (Å²) in [4.78, 5) is 25.7. The van der Waals surface area contributed by atoms with E-state index in [0.717, 1.165) is 4.90 Å². The maximum Gasteiger partial charge on any atom is 0.420 e. The molecule has 0 aliphatic heterocycles. The second kappa shape index (κ2) is 8.97. The van der Waals surface area contributed by atoms with E-state index in [1.165, 1.54) is 0 Å². The van der Waals surface area contributed by atoms with Crippen molar-refractivity contribution < 1.29 is 19.1 Å². The molecule has 6 nitrogen and oxygen atoms in total. The molecule has 0 atom stereocenters. The highest BCUT2D eigenvalue weighted by atomic mass is 79.9. The van der Waals surface area contributed by atoms with Crippen LogP contribution in [0.2, 0.25) is 5.02 Å². The molecule has 0 radical (unpaired) electrons. The van der Waals surface area contributed by atoms with Crippen molar-refractivity contribution in [2.75, 3.05) is 12.3 Å². The van der Waals surface area contributed by atoms with Crippen LogP contribution in [-0.4, -0.2) is 34.8 Å². The first-order valence-electron chi connectivity index (χ1n) is 8.34. The van der Waals surface area contributed by atoms with E-state index in [9.17, 15) is 9.59 Å². The molecular weight excluding hydrogens is 436 g/mol. The van der Waals surface area contributed by atoms with Gasteiger partial charge in [0.15, 0.2) is 0 Å². The van der Waals surface area contributed by atoms with Crippen molar-refractivity contribution in [1.29, 1.82) is 0 Å². The molecule has 0 aliphatic carbocycles. The summed E-state index contributed by atoms with van der Waals surface area (Å²) in [6.07, 6.45) is 1.71. The number of nitrogen functional groups attached to an aromatic ring is 1. The van der Waals surface area contributed by atoms with Gasteiger partial charge in [-0.25, -0.2) is 14.5 Å². The number of imide groups is 1. The van der Waals surface area contributed by atoms with Crippen molar-refractivity contribution in [3.63, 3.8) is 0 Å². The topological polar surface area (TPSA) is 81.9 Å². The summed E-state index contributed by atoms with van der Waals surface area (Å²) in [6.45, 7) is 10.3. The predicted octanol–water partition coefficient (Wildman–Crippen LogP) is 5.87. The van der Waals surface area contributed by atoms with Crippen LogP contribution >= 0.6 is 27.5 Å². The lowest BCUT2D eigenvalue weighted by atomic mass is 10.1. The number of carbonyl (C=O) groups is 2. The number of carbonyl (C=O) groups excluding carboxylic acids is 2. The Morgan fingerprint density at radius 1 is 1.11 bits per heavy atom. The van der Waals surface area contributed by atoms with Gasteiger partial charge in [0.2, 0.25) is 0 Å². The molecule has 1 aromatic rings. The Labute approximate surface area is 173 Å². The van der Waals surface area contributed by atoms with Crippen molar-refractivity contribution in [2.45, 2.75) is 52.7 Å². The van der Waals surface area contributed by atoms with E-state index >= 15 is 0 Å². The predicted molar refractivity (Wildman–Crippen MR) is 112 cm³/mol. The zero-order valence-corrected chi connectivity index (χ0v) is 18.8. The first-order valence-corrected chi connectivity index (χ1v) is 9.51. The molecule has 2 amide bonds. The molecule has 27 heavy (non-hydrogen) atoms. The zero-order valence-electron chi connectivity index (χ0n) is 16.4. The first-order chi connectivity index (χ1) is 12.2. The van der Waals surface area contributed by atoms with Crippen LogP contribution in [0.25, 0.3) is 6.08 Å². The van der Waals surface area contributed by atoms with E-state index in [1.807, 2.05) is 0 Å². The Morgan fingerprint density at radius 2 is 1.59 bits per heavy atom. The highest BCUT2D eigenvalue weighted by molar-refractivity contribution is 9.10. The number of hydrogen-bond acceptors (Lipinski definition) is 5. The highest BCUT2D eigenvalue weighted by Gasteiger charge is 2.30. The van der Waals surface area contributed by atoms with Gasteiger partial charge < -0.3 is 15.2 Å². The minimum Gasteiger partial charge on any atom is -0.443 e. The largest absolute Gasteiger partial charge is 0.443 e. The SMILES string of the molecule is CC(C)(C)OC(=O)N(C/C=C/c1cc(Cl)cc(Br)c1N)C(=O)OC(C)(C)C. The average molecular weight is 462 g/mol. The van der Waals surface area contributed by atoms with Gasteiger partial charge in [-0.3, -0.25) is 0 Å². The van der Waals surface area contributed by atoms with Gasteiger partial charge in [0.25, 0.3) is 0 Å². The molecule has 150 valence electrons. The fourth-order valence-corrected chi connectivity index (χ4v) is 2.72. The monoisotopic (exact) mass is 460 g/mol. The summed E-state index contributed by atoms with van der Waals surface area (Å²) in [5.74, 6) is 0. The Balaban J connectivity index is 3.03. The van der Waals surface area contributed by atoms with Crippen LogP contribution in [-0.2, 0) is 9.47 Å². The molecule has 0 aromatic heterocycles. The molecule has 0 bridgehead atoms. The van der Waals surface area contributed by atoms with Crippen LogP contribution in [0.5, 0.6) is 0 Å². The molecule has 0 heterocycles. The molecule has 0 spiro atoms. The Morgan fingerprint density at radius 3 is 2.04 bits per heavy atom. The lowest BCUT2D eigenvalue weighted by molar-refractivity contribution is 0.00377. The Kier molecular flexibility index (Phi) is 7.75. The van der Waals surface area contributed by atoms with E-state index in [1.54, 1.807) is 65.8 Å². The van der Waals surface area contributed by atoms with Crippen LogP contribution in [0.15, 0.2) is 22.7 Å². The number of nitrogens with zero attached hydrogens (tertiary/aromatic N) is 1. The van der Waals surface area contributed by atoms with Crippen molar-refractivity contribution in [2.24, 2.45) is 0 Å². The standard InChI is InChI=1S/C19H26BrClN2O4/c1-18(2,3)26-16(24)23(17(25)27-19(4,5)6)9-7-8-12-10-13(21)11-14(20)15(12)22/h7-8,10-11H,9,22H2,1-6H3/b8-7+. The third kappa shape index (κ3) is 8.22. The number of rotatable bonds is 3. The van der Waals surface area contributed by atoms with Gasteiger partial charge in [0.1, 0.15) is 11.2 Å². The fraction of sp³-hybridized carbons (Fsp3) is 0.474. The zero-order chi connectivity index (χ0) is 21.0. The number of anilines is 1. The van der Waals surface area contributed by atoms with Gasteiger partial charge in [-0.2, -0.15) is 0 Å². The Bertz CT molecular complexity index is 708. The second-order valence-corrected chi connectivity index (χ2v) is 9.15. The molecule has 0 unspecified atom stereocenters. The molecule has 2 N–H and O–H groups in total. The summed E-state index contributed by atoms with van der Waals surface area (Å²) in [5, 5.41) is 0.506. The van der Waals surface area contributed by atoms with Gasteiger partial charge in [-0.15, -0.1) is 0 Å². The maximum atomic E-state index is 12.4.